The summed E-state index contributed by atoms with van der Waals surface area (Å²) in [5.74, 6) is 0. The molecule has 6 heavy (non-hydrogen) atoms. The van der Waals surface area contributed by atoms with Gasteiger partial charge in [0, 0.05) is 0 Å². The summed E-state index contributed by atoms with van der Waals surface area (Å²) in [7, 11) is 0. The average Bonchev–Trinajstić information content (AvgIpc) is 1.86. The smallest absolute Gasteiger partial charge is 0.0831 e. The highest BCUT2D eigenvalue weighted by molar-refractivity contribution is 4.50. The van der Waals surface area contributed by atoms with Crippen LogP contribution in [0, 0.1) is 0 Å². The zero-order valence-electron chi connectivity index (χ0n) is 3.58. The Bertz CT molecular complexity index is 38.8. The molecule has 36 valence electrons. The summed E-state index contributed by atoms with van der Waals surface area (Å²) >= 11 is 0. The second-order valence-corrected chi connectivity index (χ2v) is 1.26. The van der Waals surface area contributed by atoms with Crippen molar-refractivity contribution in [1.82, 2.24) is 21.9 Å². The van der Waals surface area contributed by atoms with Crippen LogP contribution in [0.15, 0.2) is 0 Å². The Balaban J connectivity index is 2.18. The minimum absolute atomic E-state index is 0.324. The standard InChI is InChI=1S/C2H8N4/c1-2-3-5-6-4-2/h2-6H,1H3. The molecule has 0 aliphatic carbocycles. The first kappa shape index (κ1) is 4.01. The lowest BCUT2D eigenvalue weighted by molar-refractivity contribution is 0.556. The summed E-state index contributed by atoms with van der Waals surface area (Å²) in [6.07, 6.45) is 0.324. The molecule has 0 spiro atoms. The first-order valence-electron chi connectivity index (χ1n) is 1.90. The van der Waals surface area contributed by atoms with Gasteiger partial charge in [-0.3, -0.25) is 0 Å². The first-order valence-corrected chi connectivity index (χ1v) is 1.90. The third kappa shape index (κ3) is 0.662. The second-order valence-electron chi connectivity index (χ2n) is 1.26. The van der Waals surface area contributed by atoms with E-state index in [0.29, 0.717) is 6.17 Å². The lowest BCUT2D eigenvalue weighted by Gasteiger charge is -1.93. The van der Waals surface area contributed by atoms with Gasteiger partial charge in [0.2, 0.25) is 0 Å². The molecule has 0 bridgehead atoms. The van der Waals surface area contributed by atoms with E-state index in [-0.39, 0.29) is 0 Å². The van der Waals surface area contributed by atoms with E-state index in [2.05, 4.69) is 21.9 Å². The average molecular weight is 88.1 g/mol. The quantitative estimate of drug-likeness (QED) is 0.289. The normalized spacial score (nSPS) is 25.5. The molecule has 0 saturated carbocycles. The maximum Gasteiger partial charge on any atom is 0.0831 e. The van der Waals surface area contributed by atoms with Crippen LogP contribution >= 0.6 is 0 Å². The first-order chi connectivity index (χ1) is 2.89. The van der Waals surface area contributed by atoms with Gasteiger partial charge in [-0.1, -0.05) is 0 Å². The van der Waals surface area contributed by atoms with E-state index >= 15 is 0 Å². The predicted octanol–water partition coefficient (Wildman–Crippen LogP) is -1.55. The number of hydrazine groups is 3. The van der Waals surface area contributed by atoms with Crippen molar-refractivity contribution < 1.29 is 0 Å². The second kappa shape index (κ2) is 1.53. The Labute approximate surface area is 36.2 Å². The SMILES string of the molecule is CC1NNNN1. The van der Waals surface area contributed by atoms with Gasteiger partial charge in [-0.2, -0.15) is 11.1 Å². The Morgan fingerprint density at radius 3 is 1.83 bits per heavy atom. The lowest BCUT2D eigenvalue weighted by atomic mass is 10.6. The summed E-state index contributed by atoms with van der Waals surface area (Å²) in [5.41, 5.74) is 11.0. The third-order valence-corrected chi connectivity index (χ3v) is 0.640. The molecular formula is C2H8N4. The molecule has 0 atom stereocenters. The molecule has 1 saturated heterocycles. The fourth-order valence-corrected chi connectivity index (χ4v) is 0.325. The lowest BCUT2D eigenvalue weighted by Crippen LogP contribution is -2.33. The summed E-state index contributed by atoms with van der Waals surface area (Å²) in [6, 6.07) is 0. The predicted molar refractivity (Wildman–Crippen MR) is 22.0 cm³/mol. The highest BCUT2D eigenvalue weighted by Gasteiger charge is 2.01. The highest BCUT2D eigenvalue weighted by atomic mass is 15.8. The van der Waals surface area contributed by atoms with Crippen LogP contribution in [0.3, 0.4) is 0 Å². The van der Waals surface area contributed by atoms with Gasteiger partial charge in [-0.15, -0.1) is 0 Å². The van der Waals surface area contributed by atoms with Crippen molar-refractivity contribution in [2.24, 2.45) is 0 Å². The topological polar surface area (TPSA) is 48.1 Å². The molecule has 4 N–H and O–H groups in total. The molecule has 1 aliphatic heterocycles. The van der Waals surface area contributed by atoms with Crippen molar-refractivity contribution in [3.63, 3.8) is 0 Å². The van der Waals surface area contributed by atoms with E-state index in [0.717, 1.165) is 0 Å². The van der Waals surface area contributed by atoms with Gasteiger partial charge >= 0.3 is 0 Å². The van der Waals surface area contributed by atoms with E-state index < -0.39 is 0 Å². The summed E-state index contributed by atoms with van der Waals surface area (Å²) < 4.78 is 0. The molecule has 1 fully saturated rings. The molecule has 4 nitrogen and oxygen atoms in total. The van der Waals surface area contributed by atoms with E-state index in [1.54, 1.807) is 0 Å². The van der Waals surface area contributed by atoms with E-state index in [4.69, 9.17) is 0 Å². The number of hydrogen-bond donors (Lipinski definition) is 4. The van der Waals surface area contributed by atoms with E-state index in [9.17, 15) is 0 Å². The Kier molecular flexibility index (Phi) is 1.02. The van der Waals surface area contributed by atoms with Crippen molar-refractivity contribution in [1.29, 1.82) is 0 Å². The van der Waals surface area contributed by atoms with Crippen LogP contribution in [-0.4, -0.2) is 6.17 Å². The van der Waals surface area contributed by atoms with Crippen molar-refractivity contribution in [3.8, 4) is 0 Å². The minimum Gasteiger partial charge on any atom is -0.225 e. The van der Waals surface area contributed by atoms with Crippen LogP contribution in [0.1, 0.15) is 6.92 Å². The van der Waals surface area contributed by atoms with Gasteiger partial charge in [0.1, 0.15) is 0 Å². The number of nitrogens with one attached hydrogen (secondary N) is 4. The maximum atomic E-state index is 2.85. The zero-order chi connectivity index (χ0) is 4.41. The fourth-order valence-electron chi connectivity index (χ4n) is 0.325. The monoisotopic (exact) mass is 88.1 g/mol. The van der Waals surface area contributed by atoms with Crippen LogP contribution in [0.4, 0.5) is 0 Å². The molecule has 0 aromatic heterocycles. The zero-order valence-corrected chi connectivity index (χ0v) is 3.58. The van der Waals surface area contributed by atoms with Gasteiger partial charge in [0.25, 0.3) is 0 Å². The van der Waals surface area contributed by atoms with Gasteiger partial charge in [0.05, 0.1) is 6.17 Å². The van der Waals surface area contributed by atoms with Crippen molar-refractivity contribution in [3.05, 3.63) is 0 Å². The Hall–Kier alpha value is -0.160. The van der Waals surface area contributed by atoms with Gasteiger partial charge in [0.15, 0.2) is 0 Å². The molecule has 0 aromatic carbocycles. The molecule has 0 unspecified atom stereocenters. The van der Waals surface area contributed by atoms with Crippen LogP contribution in [0.25, 0.3) is 0 Å². The van der Waals surface area contributed by atoms with Crippen molar-refractivity contribution in [2.45, 2.75) is 13.1 Å². The van der Waals surface area contributed by atoms with Crippen molar-refractivity contribution in [2.75, 3.05) is 0 Å². The molecule has 1 rings (SSSR count). The molecule has 0 radical (unpaired) electrons. The largest absolute Gasteiger partial charge is 0.225 e. The van der Waals surface area contributed by atoms with Gasteiger partial charge in [-0.05, 0) is 6.92 Å². The fraction of sp³-hybridized carbons (Fsp3) is 1.00. The maximum absolute atomic E-state index is 2.85. The molecule has 1 heterocycles. The molecule has 1 aliphatic rings. The van der Waals surface area contributed by atoms with Crippen LogP contribution in [-0.2, 0) is 0 Å². The van der Waals surface area contributed by atoms with E-state index in [1.807, 2.05) is 6.92 Å². The van der Waals surface area contributed by atoms with Crippen LogP contribution in [0.5, 0.6) is 0 Å². The number of hydrogen-bond acceptors (Lipinski definition) is 4. The third-order valence-electron chi connectivity index (χ3n) is 0.640. The van der Waals surface area contributed by atoms with E-state index in [1.165, 1.54) is 0 Å². The number of rotatable bonds is 0. The molecule has 4 heteroatoms. The van der Waals surface area contributed by atoms with Crippen LogP contribution < -0.4 is 21.9 Å². The summed E-state index contributed by atoms with van der Waals surface area (Å²) in [5, 5.41) is 0. The summed E-state index contributed by atoms with van der Waals surface area (Å²) in [6.45, 7) is 1.99. The van der Waals surface area contributed by atoms with Crippen molar-refractivity contribution >= 4 is 0 Å². The summed E-state index contributed by atoms with van der Waals surface area (Å²) in [4.78, 5) is 0. The minimum atomic E-state index is 0.324. The van der Waals surface area contributed by atoms with Gasteiger partial charge < -0.3 is 0 Å². The molecule has 0 amide bonds. The Morgan fingerprint density at radius 1 is 1.17 bits per heavy atom. The van der Waals surface area contributed by atoms with Gasteiger partial charge in [-0.25, -0.2) is 10.9 Å². The molecule has 0 aromatic rings. The van der Waals surface area contributed by atoms with Crippen LogP contribution in [0.2, 0.25) is 0 Å². The highest BCUT2D eigenvalue weighted by Crippen LogP contribution is 1.67. The Morgan fingerprint density at radius 2 is 1.67 bits per heavy atom. The molecular weight excluding hydrogens is 80.0 g/mol.